The summed E-state index contributed by atoms with van der Waals surface area (Å²) in [4.78, 5) is 0. The molecule has 0 aromatic heterocycles. The van der Waals surface area contributed by atoms with Crippen LogP contribution >= 0.6 is 11.8 Å². The van der Waals surface area contributed by atoms with Crippen LogP contribution in [0.1, 0.15) is 76.7 Å². The van der Waals surface area contributed by atoms with E-state index >= 15 is 0 Å². The van der Waals surface area contributed by atoms with Crippen LogP contribution in [0, 0.1) is 0 Å². The van der Waals surface area contributed by atoms with Crippen molar-refractivity contribution in [2.75, 3.05) is 5.75 Å². The van der Waals surface area contributed by atoms with Crippen LogP contribution in [-0.4, -0.2) is 12.1 Å². The molecule has 0 amide bonds. The molecule has 25 heavy (non-hydrogen) atoms. The van der Waals surface area contributed by atoms with E-state index in [4.69, 9.17) is 0 Å². The van der Waals surface area contributed by atoms with Gasteiger partial charge < -0.3 is 4.74 Å². The Kier molecular flexibility index (Phi) is 11.9. The average molecular weight is 377 g/mol. The predicted molar refractivity (Wildman–Crippen MR) is 101 cm³/mol. The maximum atomic E-state index is 12.1. The van der Waals surface area contributed by atoms with Crippen LogP contribution < -0.4 is 4.74 Å². The highest BCUT2D eigenvalue weighted by Crippen LogP contribution is 2.24. The largest absolute Gasteiger partial charge is 0.573 e. The van der Waals surface area contributed by atoms with Gasteiger partial charge in [0.25, 0.3) is 0 Å². The summed E-state index contributed by atoms with van der Waals surface area (Å²) in [5, 5.41) is 0. The van der Waals surface area contributed by atoms with Crippen molar-refractivity contribution in [1.29, 1.82) is 0 Å². The first-order valence-electron chi connectivity index (χ1n) is 9.43. The second-order valence-electron chi connectivity index (χ2n) is 6.43. The van der Waals surface area contributed by atoms with E-state index in [1.165, 1.54) is 76.3 Å². The number of unbranched alkanes of at least 4 members (excludes halogenated alkanes) is 9. The Morgan fingerprint density at radius 1 is 0.800 bits per heavy atom. The second kappa shape index (κ2) is 13.4. The number of alkyl halides is 3. The predicted octanol–water partition coefficient (Wildman–Crippen LogP) is 7.74. The smallest absolute Gasteiger partial charge is 0.406 e. The molecule has 1 nitrogen and oxygen atoms in total. The highest BCUT2D eigenvalue weighted by Gasteiger charge is 2.30. The van der Waals surface area contributed by atoms with E-state index in [0.29, 0.717) is 0 Å². The lowest BCUT2D eigenvalue weighted by Gasteiger charge is -2.09. The van der Waals surface area contributed by atoms with Gasteiger partial charge in [0.15, 0.2) is 0 Å². The second-order valence-corrected chi connectivity index (χ2v) is 7.53. The average Bonchev–Trinajstić information content (AvgIpc) is 2.56. The van der Waals surface area contributed by atoms with Gasteiger partial charge in [0.1, 0.15) is 5.75 Å². The molecule has 0 saturated carbocycles. The quantitative estimate of drug-likeness (QED) is 0.307. The van der Waals surface area contributed by atoms with Crippen LogP contribution in [0.25, 0.3) is 0 Å². The first-order chi connectivity index (χ1) is 12.0. The van der Waals surface area contributed by atoms with E-state index in [2.05, 4.69) is 11.7 Å². The molecule has 1 aromatic carbocycles. The third kappa shape index (κ3) is 13.1. The zero-order chi connectivity index (χ0) is 18.4. The first-order valence-corrected chi connectivity index (χ1v) is 10.6. The molecule has 0 aliphatic carbocycles. The molecule has 0 spiro atoms. The summed E-state index contributed by atoms with van der Waals surface area (Å²) in [6.45, 7) is 2.25. The molecular formula is C20H31F3OS. The summed E-state index contributed by atoms with van der Waals surface area (Å²) in [7, 11) is 0. The third-order valence-electron chi connectivity index (χ3n) is 4.07. The van der Waals surface area contributed by atoms with E-state index < -0.39 is 6.36 Å². The molecule has 1 rings (SSSR count). The van der Waals surface area contributed by atoms with Crippen LogP contribution in [-0.2, 0) is 5.75 Å². The molecule has 5 heteroatoms. The van der Waals surface area contributed by atoms with Gasteiger partial charge in [-0.15, -0.1) is 13.2 Å². The highest BCUT2D eigenvalue weighted by atomic mass is 32.2. The van der Waals surface area contributed by atoms with Gasteiger partial charge in [0.2, 0.25) is 0 Å². The standard InChI is InChI=1S/C20H31F3OS/c1-2-3-4-5-6-7-8-9-10-11-16-25-17-18-12-14-19(15-13-18)24-20(21,22)23/h12-15H,2-11,16-17H2,1H3. The number of benzene rings is 1. The normalized spacial score (nSPS) is 11.7. The number of hydrogen-bond acceptors (Lipinski definition) is 2. The summed E-state index contributed by atoms with van der Waals surface area (Å²) in [5.74, 6) is 1.79. The van der Waals surface area contributed by atoms with E-state index in [1.54, 1.807) is 12.1 Å². The molecule has 0 aliphatic heterocycles. The molecule has 1 aromatic rings. The van der Waals surface area contributed by atoms with Crippen molar-refractivity contribution in [1.82, 2.24) is 0 Å². The van der Waals surface area contributed by atoms with Gasteiger partial charge in [-0.3, -0.25) is 0 Å². The number of hydrogen-bond donors (Lipinski definition) is 0. The summed E-state index contributed by atoms with van der Waals surface area (Å²) in [6, 6.07) is 6.16. The van der Waals surface area contributed by atoms with Gasteiger partial charge in [0.05, 0.1) is 0 Å². The molecule has 0 heterocycles. The molecule has 0 atom stereocenters. The van der Waals surface area contributed by atoms with Crippen molar-refractivity contribution in [3.05, 3.63) is 29.8 Å². The molecule has 0 aliphatic rings. The maximum absolute atomic E-state index is 12.1. The topological polar surface area (TPSA) is 9.23 Å². The van der Waals surface area contributed by atoms with Crippen molar-refractivity contribution in [2.24, 2.45) is 0 Å². The number of thioether (sulfide) groups is 1. The Hall–Kier alpha value is -0.840. The van der Waals surface area contributed by atoms with Crippen LogP contribution in [0.15, 0.2) is 24.3 Å². The van der Waals surface area contributed by atoms with Gasteiger partial charge in [0, 0.05) is 5.75 Å². The molecule has 0 saturated heterocycles. The van der Waals surface area contributed by atoms with E-state index in [-0.39, 0.29) is 5.75 Å². The molecule has 0 N–H and O–H groups in total. The Morgan fingerprint density at radius 2 is 1.32 bits per heavy atom. The lowest BCUT2D eigenvalue weighted by molar-refractivity contribution is -0.274. The lowest BCUT2D eigenvalue weighted by Crippen LogP contribution is -2.16. The summed E-state index contributed by atoms with van der Waals surface area (Å²) >= 11 is 1.84. The van der Waals surface area contributed by atoms with Gasteiger partial charge in [-0.2, -0.15) is 11.8 Å². The molecule has 144 valence electrons. The fraction of sp³-hybridized carbons (Fsp3) is 0.700. The maximum Gasteiger partial charge on any atom is 0.573 e. The highest BCUT2D eigenvalue weighted by molar-refractivity contribution is 7.98. The number of rotatable bonds is 14. The zero-order valence-electron chi connectivity index (χ0n) is 15.2. The molecule has 0 unspecified atom stereocenters. The van der Waals surface area contributed by atoms with Gasteiger partial charge in [-0.25, -0.2) is 0 Å². The van der Waals surface area contributed by atoms with Crippen molar-refractivity contribution >= 4 is 11.8 Å². The van der Waals surface area contributed by atoms with Gasteiger partial charge in [-0.05, 0) is 29.9 Å². The Labute approximate surface area is 154 Å². The van der Waals surface area contributed by atoms with Crippen LogP contribution in [0.5, 0.6) is 5.75 Å². The number of halogens is 3. The fourth-order valence-electron chi connectivity index (χ4n) is 2.67. The molecule has 0 fully saturated rings. The number of ether oxygens (including phenoxy) is 1. The zero-order valence-corrected chi connectivity index (χ0v) is 16.1. The van der Waals surface area contributed by atoms with E-state index in [1.807, 2.05) is 11.8 Å². The van der Waals surface area contributed by atoms with Gasteiger partial charge >= 0.3 is 6.36 Å². The molecule has 0 radical (unpaired) electrons. The molecular weight excluding hydrogens is 345 g/mol. The van der Waals surface area contributed by atoms with Crippen LogP contribution in [0.2, 0.25) is 0 Å². The van der Waals surface area contributed by atoms with Crippen molar-refractivity contribution in [3.8, 4) is 5.75 Å². The molecule has 0 bridgehead atoms. The Balaban J connectivity index is 1.96. The third-order valence-corrected chi connectivity index (χ3v) is 5.18. The SMILES string of the molecule is CCCCCCCCCCCCSCc1ccc(OC(F)(F)F)cc1. The summed E-state index contributed by atoms with van der Waals surface area (Å²) < 4.78 is 40.1. The Bertz CT molecular complexity index is 432. The van der Waals surface area contributed by atoms with E-state index in [0.717, 1.165) is 17.1 Å². The minimum absolute atomic E-state index is 0.157. The summed E-state index contributed by atoms with van der Waals surface area (Å²) in [6.07, 6.45) is 8.73. The van der Waals surface area contributed by atoms with Crippen molar-refractivity contribution in [2.45, 2.75) is 83.2 Å². The van der Waals surface area contributed by atoms with Crippen molar-refractivity contribution < 1.29 is 17.9 Å². The van der Waals surface area contributed by atoms with Crippen LogP contribution in [0.4, 0.5) is 13.2 Å². The minimum Gasteiger partial charge on any atom is -0.406 e. The van der Waals surface area contributed by atoms with Gasteiger partial charge in [-0.1, -0.05) is 76.8 Å². The van der Waals surface area contributed by atoms with Crippen LogP contribution in [0.3, 0.4) is 0 Å². The minimum atomic E-state index is -4.62. The fourth-order valence-corrected chi connectivity index (χ4v) is 3.65. The monoisotopic (exact) mass is 376 g/mol. The Morgan fingerprint density at radius 3 is 1.84 bits per heavy atom. The first kappa shape index (κ1) is 22.2. The van der Waals surface area contributed by atoms with Crippen molar-refractivity contribution in [3.63, 3.8) is 0 Å². The summed E-state index contributed by atoms with van der Waals surface area (Å²) in [5.41, 5.74) is 1.03. The van der Waals surface area contributed by atoms with E-state index in [9.17, 15) is 13.2 Å². The lowest BCUT2D eigenvalue weighted by atomic mass is 10.1.